The molecule has 616 valence electrons. The predicted octanol–water partition coefficient (Wildman–Crippen LogP) is 51.4. The maximum atomic E-state index is 0. The van der Waals surface area contributed by atoms with Crippen molar-refractivity contribution in [3.05, 3.63) is 0 Å². The maximum absolute atomic E-state index is 0. The number of hydrogen-bond donors (Lipinski definition) is 0. The SMILES string of the molecule is C.C.C.C.C.C.C.C.C.C.C.C.C.C.C.C.C.C.C.C.C.C.C.C.C.C.C.C.C.C.C.C.C.C.C.C.C.C.C.C.C.C.C.C.C.C.C.C.C.C.C.C.C.C.C.C.C.C.C.C.C.C.C.C.C.C.C.C.C.C.[3HH].[3HH].[3HH].[3HH].[3HH].[3HH].[3HH].[3HH].[3HH].[3HH].[3HH].[3HH].[3HH].[3HH].[3HH].[3HH].[3HH].[3HH].[3HH].[3HH].[3HH].[3HH].[3HH].[3HH].[3HH].[3HH].[3HH].[3HH]. The van der Waals surface area contributed by atoms with E-state index in [0.717, 1.165) is 0 Å². The van der Waals surface area contributed by atoms with Crippen molar-refractivity contribution in [1.82, 2.24) is 0 Å². The van der Waals surface area contributed by atoms with Crippen LogP contribution in [0, 0.1) is 0 Å². The van der Waals surface area contributed by atoms with Crippen molar-refractivity contribution < 1.29 is 39.9 Å². The summed E-state index contributed by atoms with van der Waals surface area (Å²) in [6.45, 7) is 0. The first-order chi connectivity index (χ1) is 0. The lowest BCUT2D eigenvalue weighted by atomic mass is 12.0. The van der Waals surface area contributed by atoms with Crippen LogP contribution in [0.1, 0.15) is 560 Å². The molecule has 0 fully saturated rings. The van der Waals surface area contributed by atoms with Crippen LogP contribution in [0.15, 0.2) is 0 Å². The molecule has 0 aromatic carbocycles. The summed E-state index contributed by atoms with van der Waals surface area (Å²) in [5.74, 6) is 0. The molecule has 0 atom stereocenters. The van der Waals surface area contributed by atoms with E-state index in [9.17, 15) is 0 Å². The molecule has 0 saturated heterocycles. The van der Waals surface area contributed by atoms with Gasteiger partial charge in [0.2, 0.25) is 0 Å². The Morgan fingerprint density at radius 1 is 0.0286 bits per heavy atom. The smallest absolute Gasteiger partial charge is 0 e. The molecule has 0 aliphatic heterocycles. The van der Waals surface area contributed by atoms with Crippen LogP contribution in [0.3, 0.4) is 0 Å². The lowest BCUT2D eigenvalue weighted by Gasteiger charge is -0.0786. The average molecular weight is 1240 g/mol. The molecule has 0 heterocycles. The molecule has 0 aromatic heterocycles. The van der Waals surface area contributed by atoms with Crippen LogP contribution in [-0.4, -0.2) is 0 Å². The Morgan fingerprint density at radius 2 is 0.0286 bits per heavy atom. The van der Waals surface area contributed by atoms with E-state index in [1.54, 1.807) is 0 Å². The Morgan fingerprint density at radius 3 is 0.0286 bits per heavy atom. The fourth-order valence-electron chi connectivity index (χ4n) is 0. The molecule has 0 radical (unpaired) electrons. The molecule has 0 nitrogen and oxygen atoms in total. The lowest BCUT2D eigenvalue weighted by Crippen LogP contribution is 0.143. The molecular weight excluding hydrogens is 841 g/mol. The maximum Gasteiger partial charge on any atom is 0 e. The van der Waals surface area contributed by atoms with Gasteiger partial charge in [0, 0.05) is 39.9 Å². The molecule has 0 unspecified atom stereocenters. The third-order valence-electron chi connectivity index (χ3n) is 0. The average Bonchev–Trinajstić information content (AvgIpc) is 0. The first kappa shape index (κ1) is 0. The van der Waals surface area contributed by atoms with Crippen molar-refractivity contribution in [2.45, 2.75) is 520 Å². The Hall–Kier alpha value is 0. The van der Waals surface area contributed by atoms with Crippen LogP contribution in [0.4, 0.5) is 0 Å². The van der Waals surface area contributed by atoms with Gasteiger partial charge in [-0.15, -0.1) is 0 Å². The van der Waals surface area contributed by atoms with E-state index in [2.05, 4.69) is 0 Å². The van der Waals surface area contributed by atoms with E-state index in [1.807, 2.05) is 0 Å². The summed E-state index contributed by atoms with van der Waals surface area (Å²) in [7, 11) is 0. The quantitative estimate of drug-likeness (QED) is 0.227. The Kier molecular flexibility index (Phi) is 0. The standard InChI is InChI=1S/70CH4.28H2/h70*1H4;28*1H/i;;;;;;;;;;;;;;;;;;;;;;;;;;;;;;;;;;;;;;;;;;;;;;;;;;;;;;;;;;;;;;;;;;;;;;28*1+2. The van der Waals surface area contributed by atoms with Crippen molar-refractivity contribution >= 4 is 0 Å². The second-order valence-electron chi connectivity index (χ2n) is 0. The van der Waals surface area contributed by atoms with E-state index < -0.39 is 0 Å². The third-order valence-corrected chi connectivity index (χ3v) is 0. The van der Waals surface area contributed by atoms with Crippen LogP contribution in [-0.2, 0) is 0 Å². The zero-order valence-electron chi connectivity index (χ0n) is 0. The van der Waals surface area contributed by atoms with Crippen molar-refractivity contribution in [1.29, 1.82) is 0 Å². The second kappa shape index (κ2) is 0. The summed E-state index contributed by atoms with van der Waals surface area (Å²) in [5.41, 5.74) is 0. The van der Waals surface area contributed by atoms with Crippen molar-refractivity contribution in [3.8, 4) is 0 Å². The van der Waals surface area contributed by atoms with Crippen LogP contribution in [0.25, 0.3) is 0 Å². The minimum atomic E-state index is 0. The molecule has 0 saturated carbocycles. The van der Waals surface area contributed by atoms with Gasteiger partial charge in [-0.2, -0.15) is 0 Å². The summed E-state index contributed by atoms with van der Waals surface area (Å²) >= 11 is 0. The van der Waals surface area contributed by atoms with E-state index in [1.165, 1.54) is 0 Å². The fourth-order valence-corrected chi connectivity index (χ4v) is 0. The van der Waals surface area contributed by atoms with Gasteiger partial charge in [0.05, 0.1) is 0 Å². The first-order valence-corrected chi connectivity index (χ1v) is 0. The van der Waals surface area contributed by atoms with Gasteiger partial charge in [0.25, 0.3) is 0 Å². The molecule has 0 amide bonds. The largest absolute Gasteiger partial charge is 0.0776 e. The first-order valence-electron chi connectivity index (χ1n) is 0. The molecule has 0 heteroatoms. The molecule has 0 spiro atoms. The predicted molar refractivity (Wildman–Crippen MR) is 530 cm³/mol. The second-order valence-corrected chi connectivity index (χ2v) is 0. The van der Waals surface area contributed by atoms with Crippen molar-refractivity contribution in [2.75, 3.05) is 0 Å². The summed E-state index contributed by atoms with van der Waals surface area (Å²) in [5, 5.41) is 0. The highest BCUT2D eigenvalue weighted by Gasteiger charge is -0.00856. The van der Waals surface area contributed by atoms with E-state index in [4.69, 9.17) is 0 Å². The molecule has 0 aromatic rings. The van der Waals surface area contributed by atoms with Gasteiger partial charge in [0.1, 0.15) is 0 Å². The minimum absolute atomic E-state index is 0. The molecule has 0 aliphatic rings. The Balaban J connectivity index is 0. The summed E-state index contributed by atoms with van der Waals surface area (Å²) < 4.78 is 0. The molecular formula is C70H336. The summed E-state index contributed by atoms with van der Waals surface area (Å²) in [6.07, 6.45) is 0. The van der Waals surface area contributed by atoms with Gasteiger partial charge in [-0.25, -0.2) is 0 Å². The fraction of sp³-hybridized carbons (Fsp3) is 1.00. The van der Waals surface area contributed by atoms with Crippen LogP contribution >= 0.6 is 0 Å². The van der Waals surface area contributed by atoms with Gasteiger partial charge in [-0.05, 0) is 0 Å². The number of rotatable bonds is 0. The van der Waals surface area contributed by atoms with Crippen LogP contribution in [0.5, 0.6) is 0 Å². The zero-order chi connectivity index (χ0) is 0. The van der Waals surface area contributed by atoms with Crippen molar-refractivity contribution in [2.24, 2.45) is 0 Å². The molecule has 0 N–H and O–H groups in total. The monoisotopic (exact) mass is 1230 g/mol. The van der Waals surface area contributed by atoms with Crippen LogP contribution < -0.4 is 0 Å². The Bertz CT molecular complexity index is 84.6. The van der Waals surface area contributed by atoms with Gasteiger partial charge in [0.15, 0.2) is 0 Å². The van der Waals surface area contributed by atoms with E-state index >= 15 is 0 Å². The molecule has 0 bridgehead atoms. The van der Waals surface area contributed by atoms with E-state index in [0.29, 0.717) is 0 Å². The number of hydrogen-bond acceptors (Lipinski definition) is 0. The highest BCUT2D eigenvalue weighted by molar-refractivity contribution is 2.57. The van der Waals surface area contributed by atoms with Crippen molar-refractivity contribution in [3.63, 3.8) is 0 Å². The highest BCUT2D eigenvalue weighted by atomic mass is 12.1. The highest BCUT2D eigenvalue weighted by Crippen LogP contribution is 0.213. The van der Waals surface area contributed by atoms with Gasteiger partial charge in [-0.3, -0.25) is 0 Å². The summed E-state index contributed by atoms with van der Waals surface area (Å²) in [6, 6.07) is 0. The molecule has 0 rings (SSSR count). The molecule has 0 aliphatic carbocycles. The minimum Gasteiger partial charge on any atom is -0.0776 e. The molecule has 70 heavy (non-hydrogen) atoms. The van der Waals surface area contributed by atoms with Gasteiger partial charge in [-0.1, -0.05) is 520 Å². The van der Waals surface area contributed by atoms with Gasteiger partial charge >= 0.3 is 0 Å². The summed E-state index contributed by atoms with van der Waals surface area (Å²) in [4.78, 5) is 0. The normalized spacial score (nSPS) is 0. The van der Waals surface area contributed by atoms with E-state index in [-0.39, 0.29) is 560 Å². The third kappa shape index (κ3) is 0. The lowest BCUT2D eigenvalue weighted by molar-refractivity contribution is 2.50. The topological polar surface area (TPSA) is 0 Å². The van der Waals surface area contributed by atoms with Gasteiger partial charge < -0.3 is 0 Å². The van der Waals surface area contributed by atoms with Crippen LogP contribution in [0.2, 0.25) is 0 Å². The zero-order valence-corrected chi connectivity index (χ0v) is 0. The Labute approximate surface area is 559 Å².